The van der Waals surface area contributed by atoms with E-state index in [2.05, 4.69) is 10.00 Å². The van der Waals surface area contributed by atoms with Crippen molar-refractivity contribution in [3.63, 3.8) is 0 Å². The number of anilines is 2. The molecule has 0 spiro atoms. The summed E-state index contributed by atoms with van der Waals surface area (Å²) in [6, 6.07) is 10.2. The molecule has 2 aromatic heterocycles. The summed E-state index contributed by atoms with van der Waals surface area (Å²) < 4.78 is 2.17. The lowest BCUT2D eigenvalue weighted by Crippen LogP contribution is -2.28. The topological polar surface area (TPSA) is 70.4 Å². The molecule has 158 valence electrons. The Bertz CT molecular complexity index is 1050. The quantitative estimate of drug-likeness (QED) is 0.613. The maximum atomic E-state index is 12.9. The first-order chi connectivity index (χ1) is 14.6. The summed E-state index contributed by atoms with van der Waals surface area (Å²) in [6.07, 6.45) is 7.58. The van der Waals surface area contributed by atoms with Gasteiger partial charge >= 0.3 is 0 Å². The van der Waals surface area contributed by atoms with Gasteiger partial charge in [0.25, 0.3) is 5.91 Å². The molecule has 3 aromatic rings. The molecule has 2 N–H and O–H groups in total. The molecule has 1 saturated heterocycles. The summed E-state index contributed by atoms with van der Waals surface area (Å²) in [6.45, 7) is 2.90. The fraction of sp³-hybridized carbons (Fsp3) is 0.478. The first kappa shape index (κ1) is 19.6. The molecule has 2 fully saturated rings. The van der Waals surface area contributed by atoms with Gasteiger partial charge in [-0.2, -0.15) is 5.10 Å². The fourth-order valence-electron chi connectivity index (χ4n) is 4.74. The zero-order chi connectivity index (χ0) is 20.7. The Kier molecular flexibility index (Phi) is 5.25. The Balaban J connectivity index is 1.33. The van der Waals surface area contributed by atoms with Crippen molar-refractivity contribution in [3.8, 4) is 0 Å². The number of fused-ring (bicyclic) bond motifs is 1. The zero-order valence-corrected chi connectivity index (χ0v) is 18.1. The van der Waals surface area contributed by atoms with Crippen molar-refractivity contribution in [2.75, 3.05) is 16.8 Å². The third kappa shape index (κ3) is 3.61. The van der Waals surface area contributed by atoms with Crippen LogP contribution in [0.1, 0.15) is 66.4 Å². The molecule has 1 saturated carbocycles. The van der Waals surface area contributed by atoms with E-state index in [0.29, 0.717) is 10.9 Å². The molecule has 5 rings (SSSR count). The molecular weight excluding hydrogens is 396 g/mol. The average Bonchev–Trinajstić information content (AvgIpc) is 3.46. The summed E-state index contributed by atoms with van der Waals surface area (Å²) in [5.74, 6) is -0.0836. The molecule has 6 nitrogen and oxygen atoms in total. The summed E-state index contributed by atoms with van der Waals surface area (Å²) in [5.41, 5.74) is 2.75. The van der Waals surface area contributed by atoms with Gasteiger partial charge in [-0.1, -0.05) is 19.3 Å². The lowest BCUT2D eigenvalue weighted by molar-refractivity contribution is 0.103. The summed E-state index contributed by atoms with van der Waals surface area (Å²) in [7, 11) is 0. The number of carbonyl (C=O) groups is 1. The minimum atomic E-state index is -0.407. The van der Waals surface area contributed by atoms with E-state index in [1.807, 2.05) is 42.2 Å². The van der Waals surface area contributed by atoms with Crippen LogP contribution in [0.25, 0.3) is 10.2 Å². The number of aliphatic hydroxyl groups excluding tert-OH is 1. The molecule has 1 aliphatic carbocycles. The van der Waals surface area contributed by atoms with Crippen molar-refractivity contribution in [2.45, 2.75) is 64.1 Å². The van der Waals surface area contributed by atoms with Crippen molar-refractivity contribution in [1.82, 2.24) is 9.78 Å². The van der Waals surface area contributed by atoms with Gasteiger partial charge in [-0.25, -0.2) is 0 Å². The summed E-state index contributed by atoms with van der Waals surface area (Å²) in [5, 5.41) is 18.9. The van der Waals surface area contributed by atoms with Crippen LogP contribution >= 0.6 is 11.3 Å². The molecule has 0 radical (unpaired) electrons. The largest absolute Gasteiger partial charge is 0.374 e. The highest BCUT2D eigenvalue weighted by atomic mass is 32.1. The lowest BCUT2D eigenvalue weighted by atomic mass is 9.96. The Morgan fingerprint density at radius 2 is 1.90 bits per heavy atom. The highest BCUT2D eigenvalue weighted by Gasteiger charge is 2.24. The molecule has 1 aliphatic heterocycles. The molecular formula is C23H28N4O2S. The Morgan fingerprint density at radius 3 is 2.60 bits per heavy atom. The maximum absolute atomic E-state index is 12.9. The molecule has 0 bridgehead atoms. The average molecular weight is 425 g/mol. The van der Waals surface area contributed by atoms with Crippen LogP contribution in [0, 0.1) is 6.92 Å². The number of aromatic nitrogens is 2. The van der Waals surface area contributed by atoms with Crippen LogP contribution in [0.2, 0.25) is 0 Å². The van der Waals surface area contributed by atoms with E-state index in [0.717, 1.165) is 46.7 Å². The number of rotatable bonds is 4. The number of aryl methyl sites for hydroxylation is 1. The summed E-state index contributed by atoms with van der Waals surface area (Å²) >= 11 is 1.54. The van der Waals surface area contributed by atoms with Crippen LogP contribution in [-0.2, 0) is 0 Å². The van der Waals surface area contributed by atoms with Gasteiger partial charge in [-0.3, -0.25) is 9.48 Å². The Labute approximate surface area is 180 Å². The molecule has 3 heterocycles. The first-order valence-corrected chi connectivity index (χ1v) is 11.8. The van der Waals surface area contributed by atoms with E-state index in [4.69, 9.17) is 5.10 Å². The number of hydrogen-bond donors (Lipinski definition) is 2. The Morgan fingerprint density at radius 1 is 1.13 bits per heavy atom. The third-order valence-electron chi connectivity index (χ3n) is 6.39. The van der Waals surface area contributed by atoms with Crippen molar-refractivity contribution in [2.24, 2.45) is 0 Å². The maximum Gasteiger partial charge on any atom is 0.265 e. The van der Waals surface area contributed by atoms with Crippen LogP contribution in [0.5, 0.6) is 0 Å². The minimum absolute atomic E-state index is 0.0836. The highest BCUT2D eigenvalue weighted by Crippen LogP contribution is 2.35. The normalized spacial score (nSPS) is 20.2. The standard InChI is InChI=1S/C23H28N4O2S/c1-15-19-14-20(30-23(19)27(25-15)18-6-3-2-4-7-18)22(29)24-16-9-11-17(12-10-16)26-13-5-8-21(26)28/h9-12,14,18,21,28H,2-8,13H2,1H3,(H,24,29). The van der Waals surface area contributed by atoms with Gasteiger partial charge in [-0.15, -0.1) is 11.3 Å². The number of benzene rings is 1. The van der Waals surface area contributed by atoms with Gasteiger partial charge in [0, 0.05) is 23.3 Å². The first-order valence-electron chi connectivity index (χ1n) is 10.9. The van der Waals surface area contributed by atoms with Gasteiger partial charge in [0.2, 0.25) is 0 Å². The van der Waals surface area contributed by atoms with Crippen molar-refractivity contribution < 1.29 is 9.90 Å². The summed E-state index contributed by atoms with van der Waals surface area (Å²) in [4.78, 5) is 16.7. The van der Waals surface area contributed by atoms with Gasteiger partial charge < -0.3 is 15.3 Å². The van der Waals surface area contributed by atoms with E-state index in [1.165, 1.54) is 43.4 Å². The number of amides is 1. The number of hydrogen-bond acceptors (Lipinski definition) is 5. The number of aliphatic hydroxyl groups is 1. The molecule has 30 heavy (non-hydrogen) atoms. The fourth-order valence-corrected chi connectivity index (χ4v) is 5.86. The van der Waals surface area contributed by atoms with E-state index < -0.39 is 6.23 Å². The monoisotopic (exact) mass is 424 g/mol. The van der Waals surface area contributed by atoms with Crippen LogP contribution in [0.4, 0.5) is 11.4 Å². The second-order valence-corrected chi connectivity index (χ2v) is 9.50. The van der Waals surface area contributed by atoms with Crippen LogP contribution in [-0.4, -0.2) is 33.6 Å². The Hall–Kier alpha value is -2.38. The lowest BCUT2D eigenvalue weighted by Gasteiger charge is -2.22. The van der Waals surface area contributed by atoms with Gasteiger partial charge in [-0.05, 0) is 62.9 Å². The van der Waals surface area contributed by atoms with Crippen LogP contribution < -0.4 is 10.2 Å². The van der Waals surface area contributed by atoms with Crippen molar-refractivity contribution in [3.05, 3.63) is 40.9 Å². The van der Waals surface area contributed by atoms with Gasteiger partial charge in [0.1, 0.15) is 11.1 Å². The number of carbonyl (C=O) groups excluding carboxylic acids is 1. The predicted molar refractivity (Wildman–Crippen MR) is 121 cm³/mol. The number of nitrogens with zero attached hydrogens (tertiary/aromatic N) is 3. The molecule has 2 aliphatic rings. The number of nitrogens with one attached hydrogen (secondary N) is 1. The minimum Gasteiger partial charge on any atom is -0.374 e. The third-order valence-corrected chi connectivity index (χ3v) is 7.51. The SMILES string of the molecule is Cc1nn(C2CCCCC2)c2sc(C(=O)Nc3ccc(N4CCCC4O)cc3)cc12. The molecule has 7 heteroatoms. The molecule has 1 aromatic carbocycles. The predicted octanol–water partition coefficient (Wildman–Crippen LogP) is 5.08. The second kappa shape index (κ2) is 8.04. The second-order valence-electron chi connectivity index (χ2n) is 8.47. The smallest absolute Gasteiger partial charge is 0.265 e. The van der Waals surface area contributed by atoms with E-state index in [-0.39, 0.29) is 5.91 Å². The van der Waals surface area contributed by atoms with E-state index >= 15 is 0 Å². The van der Waals surface area contributed by atoms with E-state index in [9.17, 15) is 9.90 Å². The van der Waals surface area contributed by atoms with E-state index in [1.54, 1.807) is 0 Å². The van der Waals surface area contributed by atoms with Gasteiger partial charge in [0.05, 0.1) is 16.6 Å². The van der Waals surface area contributed by atoms with Crippen LogP contribution in [0.3, 0.4) is 0 Å². The van der Waals surface area contributed by atoms with Gasteiger partial charge in [0.15, 0.2) is 0 Å². The highest BCUT2D eigenvalue weighted by molar-refractivity contribution is 7.20. The molecule has 1 unspecified atom stereocenters. The van der Waals surface area contributed by atoms with Crippen LogP contribution in [0.15, 0.2) is 30.3 Å². The molecule has 1 amide bonds. The number of thiophene rings is 1. The zero-order valence-electron chi connectivity index (χ0n) is 17.3. The molecule has 1 atom stereocenters. The van der Waals surface area contributed by atoms with Crippen molar-refractivity contribution in [1.29, 1.82) is 0 Å². The van der Waals surface area contributed by atoms with Crippen molar-refractivity contribution >= 4 is 38.8 Å².